The molecule has 0 saturated carbocycles. The number of rotatable bonds is 11. The van der Waals surface area contributed by atoms with E-state index >= 15 is 0 Å². The van der Waals surface area contributed by atoms with Gasteiger partial charge < -0.3 is 14.4 Å². The number of ether oxygens (including phenoxy) is 2. The Labute approximate surface area is 205 Å². The van der Waals surface area contributed by atoms with Gasteiger partial charge in [0, 0.05) is 37.5 Å². The van der Waals surface area contributed by atoms with Crippen LogP contribution < -0.4 is 14.4 Å². The van der Waals surface area contributed by atoms with Crippen molar-refractivity contribution in [2.45, 2.75) is 44.9 Å². The van der Waals surface area contributed by atoms with E-state index in [2.05, 4.69) is 26.1 Å². The lowest BCUT2D eigenvalue weighted by Gasteiger charge is -2.21. The van der Waals surface area contributed by atoms with Crippen LogP contribution in [0.4, 0.5) is 19.1 Å². The molecule has 0 atom stereocenters. The largest absolute Gasteiger partial charge is 0.497 e. The van der Waals surface area contributed by atoms with Crippen LogP contribution in [0, 0.1) is 0 Å². The van der Waals surface area contributed by atoms with Gasteiger partial charge in [-0.25, -0.2) is 0 Å². The summed E-state index contributed by atoms with van der Waals surface area (Å²) in [5.74, 6) is 2.68. The Hall–Kier alpha value is -2.75. The zero-order valence-corrected chi connectivity index (χ0v) is 21.0. The highest BCUT2D eigenvalue weighted by molar-refractivity contribution is 9.10. The van der Waals surface area contributed by atoms with E-state index in [4.69, 9.17) is 9.47 Å². The lowest BCUT2D eigenvalue weighted by Crippen LogP contribution is -2.22. The first-order chi connectivity index (χ1) is 16.2. The number of halogens is 4. The molecule has 1 heterocycles. The van der Waals surface area contributed by atoms with Crippen LogP contribution in [0.2, 0.25) is 0 Å². The standard InChI is InChI=1S/C24H28BrF3N4O2/c1-31(16-18-15-20(34-3)10-11-21(18)25)23-30-29-22(32(23)14-4-13-24(26,27)28)12-7-17-5-8-19(33-2)9-6-17/h5-6,8-11,15H,4,7,12-14,16H2,1-3H3. The molecule has 3 aromatic rings. The minimum absolute atomic E-state index is 0.0409. The Bertz CT molecular complexity index is 1070. The SMILES string of the molecule is COc1ccc(CCc2nnc(N(C)Cc3cc(OC)ccc3Br)n2CCCC(F)(F)F)cc1. The summed E-state index contributed by atoms with van der Waals surface area (Å²) in [5, 5.41) is 8.66. The van der Waals surface area contributed by atoms with E-state index in [1.54, 1.807) is 18.8 Å². The second kappa shape index (κ2) is 11.6. The van der Waals surface area contributed by atoms with E-state index < -0.39 is 12.6 Å². The van der Waals surface area contributed by atoms with Crippen molar-refractivity contribution in [3.63, 3.8) is 0 Å². The van der Waals surface area contributed by atoms with E-state index in [9.17, 15) is 13.2 Å². The molecule has 0 aliphatic rings. The van der Waals surface area contributed by atoms with E-state index in [-0.39, 0.29) is 13.0 Å². The van der Waals surface area contributed by atoms with E-state index in [1.165, 1.54) is 0 Å². The quantitative estimate of drug-likeness (QED) is 0.306. The molecule has 184 valence electrons. The topological polar surface area (TPSA) is 52.4 Å². The molecule has 0 spiro atoms. The van der Waals surface area contributed by atoms with Gasteiger partial charge in [-0.1, -0.05) is 28.1 Å². The number of nitrogens with zero attached hydrogens (tertiary/aromatic N) is 4. The molecule has 1 aromatic heterocycles. The van der Waals surface area contributed by atoms with Gasteiger partial charge in [-0.15, -0.1) is 10.2 Å². The Morgan fingerprint density at radius 3 is 2.29 bits per heavy atom. The summed E-state index contributed by atoms with van der Waals surface area (Å²) in [6, 6.07) is 13.4. The molecule has 2 aromatic carbocycles. The number of aryl methyl sites for hydroxylation is 2. The summed E-state index contributed by atoms with van der Waals surface area (Å²) in [6.07, 6.45) is -3.85. The number of methoxy groups -OCH3 is 2. The van der Waals surface area contributed by atoms with E-state index in [0.717, 1.165) is 27.1 Å². The molecule has 0 radical (unpaired) electrons. The van der Waals surface area contributed by atoms with Gasteiger partial charge in [-0.3, -0.25) is 4.57 Å². The summed E-state index contributed by atoms with van der Waals surface area (Å²) >= 11 is 3.55. The van der Waals surface area contributed by atoms with Gasteiger partial charge in [0.1, 0.15) is 17.3 Å². The fourth-order valence-corrected chi connectivity index (χ4v) is 4.01. The predicted octanol–water partition coefficient (Wildman–Crippen LogP) is 5.82. The first-order valence-corrected chi connectivity index (χ1v) is 11.6. The van der Waals surface area contributed by atoms with Crippen molar-refractivity contribution in [3.05, 3.63) is 63.9 Å². The van der Waals surface area contributed by atoms with Crippen LogP contribution in [-0.4, -0.2) is 42.2 Å². The van der Waals surface area contributed by atoms with Gasteiger partial charge in [-0.05, 0) is 54.3 Å². The van der Waals surface area contributed by atoms with Crippen molar-refractivity contribution in [3.8, 4) is 11.5 Å². The third-order valence-electron chi connectivity index (χ3n) is 5.45. The number of anilines is 1. The molecule has 0 fully saturated rings. The van der Waals surface area contributed by atoms with Gasteiger partial charge >= 0.3 is 6.18 Å². The molecular weight excluding hydrogens is 513 g/mol. The molecule has 0 N–H and O–H groups in total. The van der Waals surface area contributed by atoms with Crippen molar-refractivity contribution < 1.29 is 22.6 Å². The zero-order valence-electron chi connectivity index (χ0n) is 19.4. The summed E-state index contributed by atoms with van der Waals surface area (Å²) in [6.45, 7) is 0.664. The van der Waals surface area contributed by atoms with Crippen LogP contribution in [0.3, 0.4) is 0 Å². The van der Waals surface area contributed by atoms with Gasteiger partial charge in [0.05, 0.1) is 14.2 Å². The highest BCUT2D eigenvalue weighted by Crippen LogP contribution is 2.27. The third-order valence-corrected chi connectivity index (χ3v) is 6.22. The maximum atomic E-state index is 12.8. The second-order valence-corrected chi connectivity index (χ2v) is 8.80. The lowest BCUT2D eigenvalue weighted by molar-refractivity contribution is -0.135. The first-order valence-electron chi connectivity index (χ1n) is 10.9. The Morgan fingerprint density at radius 2 is 1.65 bits per heavy atom. The van der Waals surface area contributed by atoms with Crippen LogP contribution in [-0.2, 0) is 25.9 Å². The molecule has 6 nitrogen and oxygen atoms in total. The fourth-order valence-electron chi connectivity index (χ4n) is 3.63. The van der Waals surface area contributed by atoms with Crippen molar-refractivity contribution in [1.29, 1.82) is 0 Å². The van der Waals surface area contributed by atoms with Crippen molar-refractivity contribution >= 4 is 21.9 Å². The van der Waals surface area contributed by atoms with E-state index in [1.807, 2.05) is 54.4 Å². The van der Waals surface area contributed by atoms with Gasteiger partial charge in [0.2, 0.25) is 5.95 Å². The smallest absolute Gasteiger partial charge is 0.389 e. The summed E-state index contributed by atoms with van der Waals surface area (Å²) in [5.41, 5.74) is 2.05. The summed E-state index contributed by atoms with van der Waals surface area (Å²) in [7, 11) is 5.06. The highest BCUT2D eigenvalue weighted by atomic mass is 79.9. The molecule has 0 unspecified atom stereocenters. The Balaban J connectivity index is 1.79. The Morgan fingerprint density at radius 1 is 0.971 bits per heavy atom. The van der Waals surface area contributed by atoms with Crippen LogP contribution in [0.1, 0.15) is 29.8 Å². The average Bonchev–Trinajstić information content (AvgIpc) is 3.21. The molecular formula is C24H28BrF3N4O2. The number of hydrogen-bond acceptors (Lipinski definition) is 5. The van der Waals surface area contributed by atoms with Crippen LogP contribution in [0.5, 0.6) is 11.5 Å². The van der Waals surface area contributed by atoms with Crippen molar-refractivity contribution in [1.82, 2.24) is 14.8 Å². The van der Waals surface area contributed by atoms with Gasteiger partial charge in [0.15, 0.2) is 0 Å². The lowest BCUT2D eigenvalue weighted by atomic mass is 10.1. The van der Waals surface area contributed by atoms with Crippen molar-refractivity contribution in [2.75, 3.05) is 26.2 Å². The number of hydrogen-bond donors (Lipinski definition) is 0. The molecule has 34 heavy (non-hydrogen) atoms. The van der Waals surface area contributed by atoms with Crippen LogP contribution >= 0.6 is 15.9 Å². The Kier molecular flexibility index (Phi) is 8.82. The average molecular weight is 541 g/mol. The predicted molar refractivity (Wildman–Crippen MR) is 129 cm³/mol. The third kappa shape index (κ3) is 7.12. The molecule has 10 heteroatoms. The molecule has 0 amide bonds. The fraction of sp³-hybridized carbons (Fsp3) is 0.417. The number of benzene rings is 2. The summed E-state index contributed by atoms with van der Waals surface area (Å²) < 4.78 is 51.6. The maximum Gasteiger partial charge on any atom is 0.389 e. The molecule has 0 saturated heterocycles. The number of alkyl halides is 3. The van der Waals surface area contributed by atoms with Crippen LogP contribution in [0.15, 0.2) is 46.9 Å². The minimum Gasteiger partial charge on any atom is -0.497 e. The maximum absolute atomic E-state index is 12.8. The molecule has 0 aliphatic heterocycles. The van der Waals surface area contributed by atoms with Crippen molar-refractivity contribution in [2.24, 2.45) is 0 Å². The minimum atomic E-state index is -4.20. The summed E-state index contributed by atoms with van der Waals surface area (Å²) in [4.78, 5) is 1.89. The molecule has 0 bridgehead atoms. The monoisotopic (exact) mass is 540 g/mol. The van der Waals surface area contributed by atoms with Gasteiger partial charge in [-0.2, -0.15) is 13.2 Å². The second-order valence-electron chi connectivity index (χ2n) is 7.95. The number of aromatic nitrogens is 3. The van der Waals surface area contributed by atoms with Gasteiger partial charge in [0.25, 0.3) is 0 Å². The molecule has 0 aliphatic carbocycles. The first kappa shape index (κ1) is 25.9. The zero-order chi connectivity index (χ0) is 24.7. The highest BCUT2D eigenvalue weighted by Gasteiger charge is 2.27. The van der Waals surface area contributed by atoms with E-state index in [0.29, 0.717) is 31.2 Å². The molecule has 3 rings (SSSR count). The normalized spacial score (nSPS) is 11.5. The van der Waals surface area contributed by atoms with Crippen LogP contribution in [0.25, 0.3) is 0 Å².